The van der Waals surface area contributed by atoms with Crippen molar-refractivity contribution in [2.45, 2.75) is 6.92 Å². The maximum atomic E-state index is 12.8. The summed E-state index contributed by atoms with van der Waals surface area (Å²) in [6.07, 6.45) is 1.59. The van der Waals surface area contributed by atoms with Crippen molar-refractivity contribution in [3.63, 3.8) is 0 Å². The topological polar surface area (TPSA) is 58.6 Å². The van der Waals surface area contributed by atoms with Crippen LogP contribution < -0.4 is 15.0 Å². The molecule has 0 saturated carbocycles. The Balaban J connectivity index is 2.01. The summed E-state index contributed by atoms with van der Waals surface area (Å²) in [5, 5.41) is 2.62. The van der Waals surface area contributed by atoms with Gasteiger partial charge in [0, 0.05) is 15.8 Å². The summed E-state index contributed by atoms with van der Waals surface area (Å²) in [5.74, 6) is -0.349. The third-order valence-electron chi connectivity index (χ3n) is 3.46. The van der Waals surface area contributed by atoms with E-state index >= 15 is 0 Å². The van der Waals surface area contributed by atoms with Gasteiger partial charge >= 0.3 is 0 Å². The molecule has 1 aliphatic heterocycles. The van der Waals surface area contributed by atoms with Crippen LogP contribution in [0.3, 0.4) is 0 Å². The van der Waals surface area contributed by atoms with Crippen molar-refractivity contribution in [3.05, 3.63) is 51.7 Å². The lowest BCUT2D eigenvalue weighted by molar-refractivity contribution is -0.122. The molecule has 3 rings (SSSR count). The van der Waals surface area contributed by atoms with Gasteiger partial charge in [-0.05, 0) is 49.5 Å². The minimum atomic E-state index is -0.491. The molecule has 1 aromatic carbocycles. The number of carbonyl (C=O) groups is 2. The Morgan fingerprint density at radius 1 is 1.25 bits per heavy atom. The number of aryl methyl sites for hydroxylation is 1. The maximum Gasteiger partial charge on any atom is 0.270 e. The smallest absolute Gasteiger partial charge is 0.270 e. The molecule has 2 amide bonds. The van der Waals surface area contributed by atoms with Gasteiger partial charge in [-0.15, -0.1) is 11.3 Å². The molecule has 1 saturated heterocycles. The SMILES string of the molecule is COc1cccc(N2C(=O)C(=Cc3ccc(C)s3)C(=O)NC2=S)c1. The van der Waals surface area contributed by atoms with Crippen LogP contribution in [-0.2, 0) is 9.59 Å². The van der Waals surface area contributed by atoms with E-state index in [-0.39, 0.29) is 10.7 Å². The summed E-state index contributed by atoms with van der Waals surface area (Å²) in [6, 6.07) is 10.8. The highest BCUT2D eigenvalue weighted by Crippen LogP contribution is 2.26. The van der Waals surface area contributed by atoms with E-state index in [1.807, 2.05) is 19.1 Å². The molecule has 0 aliphatic carbocycles. The molecular formula is C17H14N2O3S2. The van der Waals surface area contributed by atoms with Crippen LogP contribution in [0, 0.1) is 6.92 Å². The minimum Gasteiger partial charge on any atom is -0.497 e. The Hall–Kier alpha value is -2.51. The zero-order valence-electron chi connectivity index (χ0n) is 13.0. The molecule has 2 aromatic rings. The van der Waals surface area contributed by atoms with E-state index in [2.05, 4.69) is 5.32 Å². The number of thiophene rings is 1. The van der Waals surface area contributed by atoms with Crippen LogP contribution in [0.2, 0.25) is 0 Å². The van der Waals surface area contributed by atoms with E-state index in [0.717, 1.165) is 9.75 Å². The van der Waals surface area contributed by atoms with E-state index in [4.69, 9.17) is 17.0 Å². The summed E-state index contributed by atoms with van der Waals surface area (Å²) in [7, 11) is 1.54. The normalized spacial score (nSPS) is 16.5. The van der Waals surface area contributed by atoms with Gasteiger partial charge in [-0.2, -0.15) is 0 Å². The Labute approximate surface area is 148 Å². The lowest BCUT2D eigenvalue weighted by Crippen LogP contribution is -2.54. The summed E-state index contributed by atoms with van der Waals surface area (Å²) >= 11 is 6.68. The van der Waals surface area contributed by atoms with Crippen molar-refractivity contribution in [1.82, 2.24) is 5.32 Å². The Morgan fingerprint density at radius 2 is 2.04 bits per heavy atom. The zero-order valence-corrected chi connectivity index (χ0v) is 14.7. The van der Waals surface area contributed by atoms with Crippen molar-refractivity contribution in [1.29, 1.82) is 0 Å². The summed E-state index contributed by atoms with van der Waals surface area (Å²) in [4.78, 5) is 28.3. The third-order valence-corrected chi connectivity index (χ3v) is 4.69. The highest BCUT2D eigenvalue weighted by Gasteiger charge is 2.34. The molecule has 5 nitrogen and oxygen atoms in total. The first-order valence-electron chi connectivity index (χ1n) is 7.11. The third kappa shape index (κ3) is 3.08. The molecule has 2 heterocycles. The number of anilines is 1. The lowest BCUT2D eigenvalue weighted by atomic mass is 10.1. The lowest BCUT2D eigenvalue weighted by Gasteiger charge is -2.29. The number of nitrogens with zero attached hydrogens (tertiary/aromatic N) is 1. The number of rotatable bonds is 3. The van der Waals surface area contributed by atoms with Gasteiger partial charge in [-0.1, -0.05) is 6.07 Å². The predicted molar refractivity (Wildman–Crippen MR) is 98.3 cm³/mol. The molecule has 1 aliphatic rings. The highest BCUT2D eigenvalue weighted by molar-refractivity contribution is 7.80. The van der Waals surface area contributed by atoms with Gasteiger partial charge in [0.1, 0.15) is 11.3 Å². The summed E-state index contributed by atoms with van der Waals surface area (Å²) < 4.78 is 5.18. The quantitative estimate of drug-likeness (QED) is 0.521. The molecule has 1 aromatic heterocycles. The summed E-state index contributed by atoms with van der Waals surface area (Å²) in [6.45, 7) is 1.97. The molecule has 24 heavy (non-hydrogen) atoms. The number of methoxy groups -OCH3 is 1. The highest BCUT2D eigenvalue weighted by atomic mass is 32.1. The van der Waals surface area contributed by atoms with Crippen LogP contribution in [0.15, 0.2) is 42.0 Å². The number of nitrogens with one attached hydrogen (secondary N) is 1. The van der Waals surface area contributed by atoms with Crippen molar-refractivity contribution in [2.75, 3.05) is 12.0 Å². The first-order valence-corrected chi connectivity index (χ1v) is 8.34. The second-order valence-corrected chi connectivity index (χ2v) is 6.81. The number of hydrogen-bond acceptors (Lipinski definition) is 5. The number of benzene rings is 1. The predicted octanol–water partition coefficient (Wildman–Crippen LogP) is 2.90. The van der Waals surface area contributed by atoms with Crippen molar-refractivity contribution >= 4 is 52.2 Å². The second kappa shape index (κ2) is 6.54. The number of amides is 2. The standard InChI is InChI=1S/C17H14N2O3S2/c1-10-6-7-13(24-10)9-14-15(20)18-17(23)19(16(14)21)11-4-3-5-12(8-11)22-2/h3-9H,1-2H3,(H,18,20,23). The molecule has 0 bridgehead atoms. The summed E-state index contributed by atoms with van der Waals surface area (Å²) in [5.41, 5.74) is 0.589. The molecular weight excluding hydrogens is 344 g/mol. The van der Waals surface area contributed by atoms with Gasteiger partial charge < -0.3 is 4.74 Å². The molecule has 122 valence electrons. The van der Waals surface area contributed by atoms with E-state index < -0.39 is 11.8 Å². The fourth-order valence-electron chi connectivity index (χ4n) is 2.31. The van der Waals surface area contributed by atoms with Crippen molar-refractivity contribution in [3.8, 4) is 5.75 Å². The second-order valence-electron chi connectivity index (χ2n) is 5.11. The molecule has 0 spiro atoms. The first kappa shape index (κ1) is 16.4. The average Bonchev–Trinajstić information content (AvgIpc) is 2.96. The van der Waals surface area contributed by atoms with Crippen LogP contribution in [0.5, 0.6) is 5.75 Å². The Kier molecular flexibility index (Phi) is 4.46. The van der Waals surface area contributed by atoms with Gasteiger partial charge in [-0.25, -0.2) is 0 Å². The van der Waals surface area contributed by atoms with Crippen molar-refractivity contribution < 1.29 is 14.3 Å². The van der Waals surface area contributed by atoms with Gasteiger partial charge in [0.15, 0.2) is 5.11 Å². The first-order chi connectivity index (χ1) is 11.5. The number of hydrogen-bond donors (Lipinski definition) is 1. The van der Waals surface area contributed by atoms with Crippen LogP contribution >= 0.6 is 23.6 Å². The molecule has 0 atom stereocenters. The van der Waals surface area contributed by atoms with E-state index in [9.17, 15) is 9.59 Å². The monoisotopic (exact) mass is 358 g/mol. The van der Waals surface area contributed by atoms with Crippen molar-refractivity contribution in [2.24, 2.45) is 0 Å². The maximum absolute atomic E-state index is 12.8. The minimum absolute atomic E-state index is 0.0493. The van der Waals surface area contributed by atoms with Gasteiger partial charge in [0.25, 0.3) is 11.8 Å². The molecule has 0 unspecified atom stereocenters. The van der Waals surface area contributed by atoms with Crippen LogP contribution in [-0.4, -0.2) is 24.0 Å². The molecule has 7 heteroatoms. The Morgan fingerprint density at radius 3 is 2.71 bits per heavy atom. The van der Waals surface area contributed by atoms with E-state index in [0.29, 0.717) is 11.4 Å². The molecule has 1 N–H and O–H groups in total. The van der Waals surface area contributed by atoms with Crippen LogP contribution in [0.4, 0.5) is 5.69 Å². The largest absolute Gasteiger partial charge is 0.497 e. The van der Waals surface area contributed by atoms with Gasteiger partial charge in [0.05, 0.1) is 12.8 Å². The number of carbonyl (C=O) groups excluding carboxylic acids is 2. The van der Waals surface area contributed by atoms with Crippen LogP contribution in [0.25, 0.3) is 6.08 Å². The molecule has 1 fully saturated rings. The van der Waals surface area contributed by atoms with E-state index in [1.54, 1.807) is 37.5 Å². The Bertz CT molecular complexity index is 870. The average molecular weight is 358 g/mol. The van der Waals surface area contributed by atoms with Gasteiger partial charge in [0.2, 0.25) is 0 Å². The fourth-order valence-corrected chi connectivity index (χ4v) is 3.42. The molecule has 0 radical (unpaired) electrons. The van der Waals surface area contributed by atoms with Gasteiger partial charge in [-0.3, -0.25) is 19.8 Å². The fraction of sp³-hybridized carbons (Fsp3) is 0.118. The number of ether oxygens (including phenoxy) is 1. The van der Waals surface area contributed by atoms with E-state index in [1.165, 1.54) is 16.2 Å². The number of thiocarbonyl (C=S) groups is 1. The zero-order chi connectivity index (χ0) is 17.3. The van der Waals surface area contributed by atoms with Crippen LogP contribution in [0.1, 0.15) is 9.75 Å².